The molecule has 2 aromatic rings. The summed E-state index contributed by atoms with van der Waals surface area (Å²) in [5.41, 5.74) is 6.43. The lowest BCUT2D eigenvalue weighted by Gasteiger charge is -2.18. The molecule has 2 heterocycles. The first-order chi connectivity index (χ1) is 13.8. The van der Waals surface area contributed by atoms with Crippen LogP contribution in [0.15, 0.2) is 24.3 Å². The van der Waals surface area contributed by atoms with Gasteiger partial charge in [-0.15, -0.1) is 0 Å². The minimum absolute atomic E-state index is 0.340. The molecule has 2 N–H and O–H groups in total. The van der Waals surface area contributed by atoms with Crippen LogP contribution in [0.25, 0.3) is 6.08 Å². The fourth-order valence-electron chi connectivity index (χ4n) is 2.80. The molecule has 9 heteroatoms. The van der Waals surface area contributed by atoms with E-state index in [1.54, 1.807) is 29.0 Å². The Kier molecular flexibility index (Phi) is 6.43. The topological polar surface area (TPSA) is 94.5 Å². The number of rotatable bonds is 5. The highest BCUT2D eigenvalue weighted by Crippen LogP contribution is 2.30. The lowest BCUT2D eigenvalue weighted by molar-refractivity contribution is -0.117. The Hall–Kier alpha value is -3.00. The van der Waals surface area contributed by atoms with Gasteiger partial charge in [-0.25, -0.2) is 0 Å². The van der Waals surface area contributed by atoms with E-state index >= 15 is 0 Å². The normalized spacial score (nSPS) is 13.0. The van der Waals surface area contributed by atoms with Crippen molar-refractivity contribution in [3.63, 3.8) is 0 Å². The van der Waals surface area contributed by atoms with Crippen molar-refractivity contribution in [2.24, 2.45) is 5.92 Å². The summed E-state index contributed by atoms with van der Waals surface area (Å²) < 4.78 is 12.6. The number of hydrogen-bond donors (Lipinski definition) is 2. The number of benzene rings is 1. The van der Waals surface area contributed by atoms with Crippen LogP contribution in [0.3, 0.4) is 0 Å². The monoisotopic (exact) mass is 418 g/mol. The maximum Gasteiger partial charge on any atom is 0.269 e. The zero-order valence-corrected chi connectivity index (χ0v) is 17.2. The predicted molar refractivity (Wildman–Crippen MR) is 109 cm³/mol. The molecule has 0 spiro atoms. The van der Waals surface area contributed by atoms with Gasteiger partial charge in [0.1, 0.15) is 18.4 Å². The highest BCUT2D eigenvalue weighted by atomic mass is 35.5. The van der Waals surface area contributed by atoms with Crippen molar-refractivity contribution in [2.45, 2.75) is 27.3 Å². The van der Waals surface area contributed by atoms with E-state index < -0.39 is 11.8 Å². The van der Waals surface area contributed by atoms with Gasteiger partial charge >= 0.3 is 0 Å². The van der Waals surface area contributed by atoms with Gasteiger partial charge in [-0.3, -0.25) is 25.1 Å². The van der Waals surface area contributed by atoms with Crippen molar-refractivity contribution in [3.05, 3.63) is 46.2 Å². The summed E-state index contributed by atoms with van der Waals surface area (Å²) in [5.74, 6) is 0.511. The molecular weight excluding hydrogens is 396 g/mol. The molecule has 1 aromatic heterocycles. The Morgan fingerprint density at radius 2 is 1.97 bits per heavy atom. The van der Waals surface area contributed by atoms with Crippen LogP contribution in [0, 0.1) is 12.8 Å². The van der Waals surface area contributed by atoms with Crippen LogP contribution < -0.4 is 20.3 Å². The van der Waals surface area contributed by atoms with Gasteiger partial charge in [0.2, 0.25) is 0 Å². The average Bonchev–Trinajstić information content (AvgIpc) is 2.96. The summed E-state index contributed by atoms with van der Waals surface area (Å²) in [6.45, 7) is 7.55. The largest absolute Gasteiger partial charge is 0.486 e. The number of carbonyl (C=O) groups excluding carboxylic acids is 2. The van der Waals surface area contributed by atoms with Gasteiger partial charge in [-0.05, 0) is 37.1 Å². The molecule has 3 rings (SSSR count). The van der Waals surface area contributed by atoms with E-state index in [1.807, 2.05) is 6.92 Å². The first kappa shape index (κ1) is 20.7. The molecule has 0 radical (unpaired) electrons. The van der Waals surface area contributed by atoms with Gasteiger partial charge in [0, 0.05) is 23.7 Å². The van der Waals surface area contributed by atoms with E-state index in [0.717, 1.165) is 5.69 Å². The summed E-state index contributed by atoms with van der Waals surface area (Å²) in [5, 5.41) is 4.86. The summed E-state index contributed by atoms with van der Waals surface area (Å²) in [6, 6.07) is 4.82. The van der Waals surface area contributed by atoms with Crippen molar-refractivity contribution in [1.29, 1.82) is 0 Å². The summed E-state index contributed by atoms with van der Waals surface area (Å²) >= 11 is 6.35. The molecular formula is C20H23ClN4O4. The van der Waals surface area contributed by atoms with Crippen LogP contribution in [0.2, 0.25) is 5.15 Å². The third-order valence-electron chi connectivity index (χ3n) is 4.15. The molecule has 29 heavy (non-hydrogen) atoms. The van der Waals surface area contributed by atoms with Crippen LogP contribution in [0.1, 0.15) is 35.5 Å². The lowest BCUT2D eigenvalue weighted by Crippen LogP contribution is -2.40. The molecule has 8 nitrogen and oxygen atoms in total. The predicted octanol–water partition coefficient (Wildman–Crippen LogP) is 2.75. The van der Waals surface area contributed by atoms with Crippen molar-refractivity contribution >= 4 is 29.5 Å². The SMILES string of the molecule is Cc1nn(CC(C)C)c(Cl)c1/C=C/C(=O)NNC(=O)c1ccc2c(c1)OCCO2. The second-order valence-electron chi connectivity index (χ2n) is 7.00. The standard InChI is InChI=1S/C20H23ClN4O4/c1-12(2)11-25-19(21)15(13(3)24-25)5-7-18(26)22-23-20(27)14-4-6-16-17(10-14)29-9-8-28-16/h4-7,10,12H,8-9,11H2,1-3H3,(H,22,26)(H,23,27)/b7-5+. The Bertz CT molecular complexity index is 952. The van der Waals surface area contributed by atoms with Gasteiger partial charge in [0.05, 0.1) is 5.69 Å². The van der Waals surface area contributed by atoms with Crippen LogP contribution in [-0.2, 0) is 11.3 Å². The third-order valence-corrected chi connectivity index (χ3v) is 4.55. The first-order valence-electron chi connectivity index (χ1n) is 9.26. The Balaban J connectivity index is 1.58. The highest BCUT2D eigenvalue weighted by molar-refractivity contribution is 6.31. The summed E-state index contributed by atoms with van der Waals surface area (Å²) in [7, 11) is 0. The minimum Gasteiger partial charge on any atom is -0.486 e. The third kappa shape index (κ3) is 5.08. The molecule has 0 saturated heterocycles. The highest BCUT2D eigenvalue weighted by Gasteiger charge is 2.15. The van der Waals surface area contributed by atoms with Gasteiger partial charge in [0.15, 0.2) is 11.5 Å². The van der Waals surface area contributed by atoms with E-state index in [0.29, 0.717) is 53.5 Å². The maximum atomic E-state index is 12.2. The van der Waals surface area contributed by atoms with Crippen LogP contribution >= 0.6 is 11.6 Å². The number of ether oxygens (including phenoxy) is 2. The maximum absolute atomic E-state index is 12.2. The number of hydrazine groups is 1. The molecule has 154 valence electrons. The van der Waals surface area contributed by atoms with E-state index in [1.165, 1.54) is 6.08 Å². The average molecular weight is 419 g/mol. The minimum atomic E-state index is -0.497. The van der Waals surface area contributed by atoms with E-state index in [4.69, 9.17) is 21.1 Å². The van der Waals surface area contributed by atoms with E-state index in [-0.39, 0.29) is 0 Å². The Labute approximate surface area is 173 Å². The Morgan fingerprint density at radius 1 is 1.24 bits per heavy atom. The second kappa shape index (κ2) is 9.00. The molecule has 1 aromatic carbocycles. The van der Waals surface area contributed by atoms with Gasteiger partial charge in [0.25, 0.3) is 11.8 Å². The molecule has 0 bridgehead atoms. The van der Waals surface area contributed by atoms with Crippen molar-refractivity contribution in [1.82, 2.24) is 20.6 Å². The number of halogens is 1. The molecule has 1 aliphatic rings. The van der Waals surface area contributed by atoms with Gasteiger partial charge in [-0.1, -0.05) is 25.4 Å². The molecule has 0 fully saturated rings. The quantitative estimate of drug-likeness (QED) is 0.575. The Morgan fingerprint density at radius 3 is 2.69 bits per heavy atom. The number of nitrogens with zero attached hydrogens (tertiary/aromatic N) is 2. The number of amides is 2. The lowest BCUT2D eigenvalue weighted by atomic mass is 10.2. The number of fused-ring (bicyclic) bond motifs is 1. The zero-order valence-electron chi connectivity index (χ0n) is 16.5. The van der Waals surface area contributed by atoms with Gasteiger partial charge < -0.3 is 9.47 Å². The van der Waals surface area contributed by atoms with Crippen LogP contribution in [0.5, 0.6) is 11.5 Å². The van der Waals surface area contributed by atoms with E-state index in [2.05, 4.69) is 29.8 Å². The molecule has 0 saturated carbocycles. The van der Waals surface area contributed by atoms with Crippen LogP contribution in [-0.4, -0.2) is 34.8 Å². The fraction of sp³-hybridized carbons (Fsp3) is 0.350. The molecule has 0 atom stereocenters. The number of nitrogens with one attached hydrogen (secondary N) is 2. The molecule has 1 aliphatic heterocycles. The van der Waals surface area contributed by atoms with Crippen molar-refractivity contribution < 1.29 is 19.1 Å². The fourth-order valence-corrected chi connectivity index (χ4v) is 3.11. The zero-order chi connectivity index (χ0) is 21.0. The molecule has 0 aliphatic carbocycles. The smallest absolute Gasteiger partial charge is 0.269 e. The number of hydrogen-bond acceptors (Lipinski definition) is 5. The second-order valence-corrected chi connectivity index (χ2v) is 7.36. The van der Waals surface area contributed by atoms with Gasteiger partial charge in [-0.2, -0.15) is 5.10 Å². The number of aryl methyl sites for hydroxylation is 1. The van der Waals surface area contributed by atoms with Crippen molar-refractivity contribution in [3.8, 4) is 11.5 Å². The molecule has 0 unspecified atom stereocenters. The van der Waals surface area contributed by atoms with Crippen molar-refractivity contribution in [2.75, 3.05) is 13.2 Å². The summed E-state index contributed by atoms with van der Waals surface area (Å²) in [4.78, 5) is 24.3. The van der Waals surface area contributed by atoms with E-state index in [9.17, 15) is 9.59 Å². The number of aromatic nitrogens is 2. The molecule has 2 amide bonds. The summed E-state index contributed by atoms with van der Waals surface area (Å²) in [6.07, 6.45) is 2.87. The first-order valence-corrected chi connectivity index (χ1v) is 9.64. The van der Waals surface area contributed by atoms with Crippen LogP contribution in [0.4, 0.5) is 0 Å². The number of carbonyl (C=O) groups is 2.